The van der Waals surface area contributed by atoms with Crippen LogP contribution in [0.25, 0.3) is 0 Å². The summed E-state index contributed by atoms with van der Waals surface area (Å²) in [5.41, 5.74) is 5.92. The molecule has 7 heteroatoms. The Balaban J connectivity index is 0.00000220. The molecule has 0 bridgehead atoms. The number of rotatable bonds is 5. The van der Waals surface area contributed by atoms with Crippen molar-refractivity contribution in [3.63, 3.8) is 0 Å². The quantitative estimate of drug-likeness (QED) is 0.886. The van der Waals surface area contributed by atoms with Crippen LogP contribution in [0.1, 0.15) is 18.2 Å². The Morgan fingerprint density at radius 1 is 1.62 bits per heavy atom. The Hall–Kier alpha value is -0.330. The SMILES string of the molecule is CC(N)C1CCN(CC(=O)N(C)Cc2ccc(Cl)s2)C1.Cl. The van der Waals surface area contributed by atoms with Crippen LogP contribution in [0.15, 0.2) is 12.1 Å². The van der Waals surface area contributed by atoms with E-state index in [1.54, 1.807) is 4.90 Å². The second kappa shape index (κ2) is 8.34. The van der Waals surface area contributed by atoms with Gasteiger partial charge in [0, 0.05) is 24.5 Å². The summed E-state index contributed by atoms with van der Waals surface area (Å²) in [5.74, 6) is 0.670. The van der Waals surface area contributed by atoms with Gasteiger partial charge in [-0.1, -0.05) is 11.6 Å². The molecule has 21 heavy (non-hydrogen) atoms. The zero-order valence-corrected chi connectivity index (χ0v) is 14.8. The van der Waals surface area contributed by atoms with Crippen molar-refractivity contribution in [2.75, 3.05) is 26.7 Å². The van der Waals surface area contributed by atoms with Gasteiger partial charge in [-0.2, -0.15) is 0 Å². The molecule has 1 aliphatic heterocycles. The zero-order valence-electron chi connectivity index (χ0n) is 12.4. The van der Waals surface area contributed by atoms with Crippen LogP contribution in [0.2, 0.25) is 4.34 Å². The lowest BCUT2D eigenvalue weighted by Crippen LogP contribution is -2.38. The number of likely N-dealkylation sites (tertiary alicyclic amines) is 1. The van der Waals surface area contributed by atoms with Crippen molar-refractivity contribution in [1.29, 1.82) is 0 Å². The fourth-order valence-electron chi connectivity index (χ4n) is 2.51. The molecule has 4 nitrogen and oxygen atoms in total. The van der Waals surface area contributed by atoms with Crippen molar-refractivity contribution in [3.8, 4) is 0 Å². The first-order chi connectivity index (χ1) is 9.45. The molecule has 2 N–H and O–H groups in total. The fraction of sp³-hybridized carbons (Fsp3) is 0.643. The molecule has 1 aromatic heterocycles. The van der Waals surface area contributed by atoms with Gasteiger partial charge in [0.1, 0.15) is 0 Å². The Morgan fingerprint density at radius 2 is 2.33 bits per heavy atom. The van der Waals surface area contributed by atoms with E-state index in [0.29, 0.717) is 19.0 Å². The summed E-state index contributed by atoms with van der Waals surface area (Å²) in [6.07, 6.45) is 1.09. The number of amides is 1. The lowest BCUT2D eigenvalue weighted by molar-refractivity contribution is -0.131. The average Bonchev–Trinajstić information content (AvgIpc) is 2.98. The number of hydrogen-bond acceptors (Lipinski definition) is 4. The van der Waals surface area contributed by atoms with Crippen molar-refractivity contribution < 1.29 is 4.79 Å². The molecule has 2 unspecified atom stereocenters. The maximum absolute atomic E-state index is 12.2. The predicted octanol–water partition coefficient (Wildman–Crippen LogP) is 2.45. The highest BCUT2D eigenvalue weighted by molar-refractivity contribution is 7.16. The van der Waals surface area contributed by atoms with E-state index < -0.39 is 0 Å². The Kier molecular flexibility index (Phi) is 7.44. The largest absolute Gasteiger partial charge is 0.340 e. The van der Waals surface area contributed by atoms with Crippen LogP contribution in [0.3, 0.4) is 0 Å². The molecule has 0 radical (unpaired) electrons. The predicted molar refractivity (Wildman–Crippen MR) is 91.2 cm³/mol. The van der Waals surface area contributed by atoms with E-state index >= 15 is 0 Å². The lowest BCUT2D eigenvalue weighted by atomic mass is 10.0. The number of carbonyl (C=O) groups is 1. The summed E-state index contributed by atoms with van der Waals surface area (Å²) in [6.45, 7) is 5.06. The molecule has 1 fully saturated rings. The number of carbonyl (C=O) groups excluding carboxylic acids is 1. The monoisotopic (exact) mass is 351 g/mol. The molecule has 0 saturated carbocycles. The van der Waals surface area contributed by atoms with Gasteiger partial charge in [-0.3, -0.25) is 9.69 Å². The van der Waals surface area contributed by atoms with E-state index in [1.165, 1.54) is 11.3 Å². The van der Waals surface area contributed by atoms with Gasteiger partial charge >= 0.3 is 0 Å². The van der Waals surface area contributed by atoms with Gasteiger partial charge in [-0.05, 0) is 37.9 Å². The van der Waals surface area contributed by atoms with E-state index in [0.717, 1.165) is 28.7 Å². The van der Waals surface area contributed by atoms with Crippen LogP contribution in [0, 0.1) is 5.92 Å². The summed E-state index contributed by atoms with van der Waals surface area (Å²) in [4.78, 5) is 17.3. The second-order valence-corrected chi connectivity index (χ2v) is 7.40. The van der Waals surface area contributed by atoms with E-state index in [4.69, 9.17) is 17.3 Å². The fourth-order valence-corrected chi connectivity index (χ4v) is 3.65. The zero-order chi connectivity index (χ0) is 14.7. The molecule has 1 aromatic rings. The van der Waals surface area contributed by atoms with Gasteiger partial charge in [0.05, 0.1) is 17.4 Å². The average molecular weight is 352 g/mol. The third-order valence-corrected chi connectivity index (χ3v) is 5.07. The van der Waals surface area contributed by atoms with Crippen molar-refractivity contribution in [1.82, 2.24) is 9.80 Å². The molecule has 0 aliphatic carbocycles. The first-order valence-electron chi connectivity index (χ1n) is 6.92. The summed E-state index contributed by atoms with van der Waals surface area (Å²) in [6, 6.07) is 4.05. The molecule has 0 aromatic carbocycles. The molecule has 1 aliphatic rings. The second-order valence-electron chi connectivity index (χ2n) is 5.60. The molecule has 2 rings (SSSR count). The number of likely N-dealkylation sites (N-methyl/N-ethyl adjacent to an activating group) is 1. The van der Waals surface area contributed by atoms with Crippen molar-refractivity contribution in [2.45, 2.75) is 25.9 Å². The highest BCUT2D eigenvalue weighted by Gasteiger charge is 2.27. The maximum atomic E-state index is 12.2. The Labute approximate surface area is 141 Å². The van der Waals surface area contributed by atoms with Crippen molar-refractivity contribution >= 4 is 41.3 Å². The normalized spacial score (nSPS) is 20.1. The number of nitrogens with two attached hydrogens (primary N) is 1. The first-order valence-corrected chi connectivity index (χ1v) is 8.11. The van der Waals surface area contributed by atoms with E-state index in [9.17, 15) is 4.79 Å². The molecular weight excluding hydrogens is 329 g/mol. The number of thiophene rings is 1. The number of halogens is 2. The molecule has 2 atom stereocenters. The summed E-state index contributed by atoms with van der Waals surface area (Å²) in [7, 11) is 1.84. The maximum Gasteiger partial charge on any atom is 0.236 e. The molecule has 0 spiro atoms. The van der Waals surface area contributed by atoms with Crippen LogP contribution in [0.4, 0.5) is 0 Å². The molecule has 2 heterocycles. The van der Waals surface area contributed by atoms with Gasteiger partial charge in [-0.15, -0.1) is 23.7 Å². The summed E-state index contributed by atoms with van der Waals surface area (Å²) >= 11 is 7.42. The minimum absolute atomic E-state index is 0. The summed E-state index contributed by atoms with van der Waals surface area (Å²) < 4.78 is 0.764. The van der Waals surface area contributed by atoms with Gasteiger partial charge in [0.25, 0.3) is 0 Å². The molecular formula is C14H23Cl2N3OS. The molecule has 1 amide bonds. The van der Waals surface area contributed by atoms with Crippen LogP contribution >= 0.6 is 35.3 Å². The molecule has 1 saturated heterocycles. The number of nitrogens with zero attached hydrogens (tertiary/aromatic N) is 2. The van der Waals surface area contributed by atoms with Gasteiger partial charge in [0.2, 0.25) is 5.91 Å². The number of hydrogen-bond donors (Lipinski definition) is 1. The lowest BCUT2D eigenvalue weighted by Gasteiger charge is -2.21. The van der Waals surface area contributed by atoms with Gasteiger partial charge in [0.15, 0.2) is 0 Å². The third-order valence-electron chi connectivity index (χ3n) is 3.86. The summed E-state index contributed by atoms with van der Waals surface area (Å²) in [5, 5.41) is 0. The van der Waals surface area contributed by atoms with Crippen molar-refractivity contribution in [2.24, 2.45) is 11.7 Å². The highest BCUT2D eigenvalue weighted by atomic mass is 35.5. The van der Waals surface area contributed by atoms with Crippen LogP contribution in [0.5, 0.6) is 0 Å². The topological polar surface area (TPSA) is 49.6 Å². The highest BCUT2D eigenvalue weighted by Crippen LogP contribution is 2.23. The van der Waals surface area contributed by atoms with Crippen LogP contribution < -0.4 is 5.73 Å². The smallest absolute Gasteiger partial charge is 0.236 e. The van der Waals surface area contributed by atoms with Crippen LogP contribution in [-0.2, 0) is 11.3 Å². The molecule has 120 valence electrons. The van der Waals surface area contributed by atoms with E-state index in [2.05, 4.69) is 4.90 Å². The van der Waals surface area contributed by atoms with E-state index in [-0.39, 0.29) is 24.4 Å². The Morgan fingerprint density at radius 3 is 2.86 bits per heavy atom. The first kappa shape index (κ1) is 18.7. The van der Waals surface area contributed by atoms with Crippen molar-refractivity contribution in [3.05, 3.63) is 21.3 Å². The van der Waals surface area contributed by atoms with E-state index in [1.807, 2.05) is 26.1 Å². The van der Waals surface area contributed by atoms with Crippen LogP contribution in [-0.4, -0.2) is 48.4 Å². The minimum Gasteiger partial charge on any atom is -0.340 e. The van der Waals surface area contributed by atoms with Gasteiger partial charge in [-0.25, -0.2) is 0 Å². The third kappa shape index (κ3) is 5.42. The minimum atomic E-state index is 0. The standard InChI is InChI=1S/C14H22ClN3OS.ClH/c1-10(16)11-5-6-18(7-11)9-14(19)17(2)8-12-3-4-13(15)20-12;/h3-4,10-11H,5-9,16H2,1-2H3;1H. The van der Waals surface area contributed by atoms with Gasteiger partial charge < -0.3 is 10.6 Å². The Bertz CT molecular complexity index is 467.